The Kier molecular flexibility index (Phi) is 5.79. The van der Waals surface area contributed by atoms with Crippen LogP contribution in [0.4, 0.5) is 0 Å². The Morgan fingerprint density at radius 2 is 1.79 bits per heavy atom. The van der Waals surface area contributed by atoms with E-state index in [-0.39, 0.29) is 12.4 Å². The summed E-state index contributed by atoms with van der Waals surface area (Å²) in [4.78, 5) is 23.8. The average molecular weight is 329 g/mol. The molecule has 0 aliphatic carbocycles. The molecule has 0 aliphatic heterocycles. The summed E-state index contributed by atoms with van der Waals surface area (Å²) in [5.41, 5.74) is 3.20. The van der Waals surface area contributed by atoms with Gasteiger partial charge < -0.3 is 14.0 Å². The summed E-state index contributed by atoms with van der Waals surface area (Å²) in [5.74, 6) is 0.0851. The lowest BCUT2D eigenvalue weighted by atomic mass is 10.1. The molecule has 0 saturated heterocycles. The van der Waals surface area contributed by atoms with E-state index in [4.69, 9.17) is 4.74 Å². The molecule has 0 amide bonds. The topological polar surface area (TPSA) is 57.5 Å². The van der Waals surface area contributed by atoms with Crippen molar-refractivity contribution in [1.82, 2.24) is 4.57 Å². The molecule has 0 atom stereocenters. The standard InChI is InChI=1S/C19H23NO4/c1-5-10-20-13(2)11-17(14(20)3)18(21)12-24-16-8-6-15(7-9-16)19(22)23-4/h6-9,11H,5,10,12H2,1-4H3. The number of Topliss-reactive ketones (excluding diaryl/α,β-unsaturated/α-hetero) is 1. The highest BCUT2D eigenvalue weighted by Gasteiger charge is 2.16. The van der Waals surface area contributed by atoms with Crippen LogP contribution >= 0.6 is 0 Å². The van der Waals surface area contributed by atoms with Gasteiger partial charge in [0.25, 0.3) is 0 Å². The number of hydrogen-bond acceptors (Lipinski definition) is 4. The van der Waals surface area contributed by atoms with E-state index >= 15 is 0 Å². The maximum Gasteiger partial charge on any atom is 0.337 e. The fraction of sp³-hybridized carbons (Fsp3) is 0.368. The minimum absolute atomic E-state index is 0.0337. The minimum atomic E-state index is -0.402. The highest BCUT2D eigenvalue weighted by atomic mass is 16.5. The Balaban J connectivity index is 2.03. The zero-order chi connectivity index (χ0) is 17.7. The number of hydrogen-bond donors (Lipinski definition) is 0. The summed E-state index contributed by atoms with van der Waals surface area (Å²) in [6.45, 7) is 6.95. The highest BCUT2D eigenvalue weighted by Crippen LogP contribution is 2.18. The number of aryl methyl sites for hydroxylation is 1. The molecule has 0 aliphatic rings. The molecule has 0 saturated carbocycles. The third-order valence-corrected chi connectivity index (χ3v) is 3.97. The molecule has 1 aromatic heterocycles. The number of carbonyl (C=O) groups is 2. The molecule has 24 heavy (non-hydrogen) atoms. The average Bonchev–Trinajstić information content (AvgIpc) is 2.88. The van der Waals surface area contributed by atoms with Crippen LogP contribution in [-0.2, 0) is 11.3 Å². The van der Waals surface area contributed by atoms with Gasteiger partial charge in [0, 0.05) is 23.5 Å². The number of aromatic nitrogens is 1. The van der Waals surface area contributed by atoms with Crippen molar-refractivity contribution in [2.75, 3.05) is 13.7 Å². The van der Waals surface area contributed by atoms with Crippen LogP contribution in [0.5, 0.6) is 5.75 Å². The summed E-state index contributed by atoms with van der Waals surface area (Å²) < 4.78 is 12.3. The molecule has 0 N–H and O–H groups in total. The van der Waals surface area contributed by atoms with Gasteiger partial charge in [0.2, 0.25) is 5.78 Å². The van der Waals surface area contributed by atoms with Crippen molar-refractivity contribution in [3.05, 3.63) is 52.8 Å². The molecule has 0 radical (unpaired) electrons. The molecule has 0 spiro atoms. The number of benzene rings is 1. The van der Waals surface area contributed by atoms with E-state index in [1.165, 1.54) is 7.11 Å². The van der Waals surface area contributed by atoms with Gasteiger partial charge in [-0.05, 0) is 50.6 Å². The van der Waals surface area contributed by atoms with Crippen LogP contribution in [0.15, 0.2) is 30.3 Å². The van der Waals surface area contributed by atoms with Crippen molar-refractivity contribution >= 4 is 11.8 Å². The SMILES string of the molecule is CCCn1c(C)cc(C(=O)COc2ccc(C(=O)OC)cc2)c1C. The van der Waals surface area contributed by atoms with Crippen LogP contribution in [0.25, 0.3) is 0 Å². The number of esters is 1. The first-order chi connectivity index (χ1) is 11.5. The summed E-state index contributed by atoms with van der Waals surface area (Å²) >= 11 is 0. The molecular formula is C19H23NO4. The van der Waals surface area contributed by atoms with E-state index in [0.29, 0.717) is 16.9 Å². The van der Waals surface area contributed by atoms with Gasteiger partial charge in [0.1, 0.15) is 5.75 Å². The molecular weight excluding hydrogens is 306 g/mol. The molecule has 5 nitrogen and oxygen atoms in total. The van der Waals surface area contributed by atoms with Crippen LogP contribution in [-0.4, -0.2) is 30.0 Å². The van der Waals surface area contributed by atoms with E-state index in [2.05, 4.69) is 16.2 Å². The van der Waals surface area contributed by atoms with Crippen LogP contribution in [0.2, 0.25) is 0 Å². The molecule has 2 aromatic rings. The van der Waals surface area contributed by atoms with E-state index in [9.17, 15) is 9.59 Å². The van der Waals surface area contributed by atoms with Crippen molar-refractivity contribution in [2.45, 2.75) is 33.7 Å². The summed E-state index contributed by atoms with van der Waals surface area (Å²) in [7, 11) is 1.33. The normalized spacial score (nSPS) is 10.5. The molecule has 1 aromatic carbocycles. The van der Waals surface area contributed by atoms with Gasteiger partial charge in [-0.2, -0.15) is 0 Å². The van der Waals surface area contributed by atoms with Gasteiger partial charge in [-0.1, -0.05) is 6.92 Å². The van der Waals surface area contributed by atoms with Gasteiger partial charge in [-0.25, -0.2) is 4.79 Å². The maximum absolute atomic E-state index is 12.4. The van der Waals surface area contributed by atoms with Crippen LogP contribution < -0.4 is 4.74 Å². The molecule has 0 unspecified atom stereocenters. The number of methoxy groups -OCH3 is 1. The first-order valence-corrected chi connectivity index (χ1v) is 7.99. The third-order valence-electron chi connectivity index (χ3n) is 3.97. The van der Waals surface area contributed by atoms with Gasteiger partial charge in [-0.3, -0.25) is 4.79 Å². The summed E-state index contributed by atoms with van der Waals surface area (Å²) in [6.07, 6.45) is 1.02. The lowest BCUT2D eigenvalue weighted by Gasteiger charge is -2.08. The van der Waals surface area contributed by atoms with Crippen LogP contribution in [0.1, 0.15) is 45.4 Å². The molecule has 128 valence electrons. The minimum Gasteiger partial charge on any atom is -0.485 e. The Bertz CT molecular complexity index is 729. The van der Waals surface area contributed by atoms with Crippen LogP contribution in [0.3, 0.4) is 0 Å². The van der Waals surface area contributed by atoms with E-state index in [1.54, 1.807) is 24.3 Å². The van der Waals surface area contributed by atoms with Crippen molar-refractivity contribution in [2.24, 2.45) is 0 Å². The highest BCUT2D eigenvalue weighted by molar-refractivity contribution is 5.98. The number of rotatable bonds is 7. The van der Waals surface area contributed by atoms with Gasteiger partial charge in [-0.15, -0.1) is 0 Å². The van der Waals surface area contributed by atoms with Crippen molar-refractivity contribution in [1.29, 1.82) is 0 Å². The lowest BCUT2D eigenvalue weighted by molar-refractivity contribution is 0.0600. The molecule has 1 heterocycles. The summed E-state index contributed by atoms with van der Waals surface area (Å²) in [6, 6.07) is 8.44. The zero-order valence-electron chi connectivity index (χ0n) is 14.6. The number of ketones is 1. The number of carbonyl (C=O) groups excluding carboxylic acids is 2. The second-order valence-electron chi connectivity index (χ2n) is 5.66. The fourth-order valence-corrected chi connectivity index (χ4v) is 2.68. The molecule has 5 heteroatoms. The first-order valence-electron chi connectivity index (χ1n) is 7.99. The zero-order valence-corrected chi connectivity index (χ0v) is 14.6. The molecule has 0 fully saturated rings. The second-order valence-corrected chi connectivity index (χ2v) is 5.66. The largest absolute Gasteiger partial charge is 0.485 e. The van der Waals surface area contributed by atoms with Crippen molar-refractivity contribution in [3.63, 3.8) is 0 Å². The monoisotopic (exact) mass is 329 g/mol. The van der Waals surface area contributed by atoms with E-state index < -0.39 is 5.97 Å². The van der Waals surface area contributed by atoms with E-state index in [1.807, 2.05) is 19.9 Å². The van der Waals surface area contributed by atoms with Crippen molar-refractivity contribution in [3.8, 4) is 5.75 Å². The number of nitrogens with zero attached hydrogens (tertiary/aromatic N) is 1. The number of ether oxygens (including phenoxy) is 2. The van der Waals surface area contributed by atoms with Gasteiger partial charge in [0.15, 0.2) is 6.61 Å². The Labute approximate surface area is 142 Å². The third kappa shape index (κ3) is 3.85. The van der Waals surface area contributed by atoms with Gasteiger partial charge in [0.05, 0.1) is 12.7 Å². The van der Waals surface area contributed by atoms with Crippen LogP contribution in [0, 0.1) is 13.8 Å². The quantitative estimate of drug-likeness (QED) is 0.576. The van der Waals surface area contributed by atoms with Crippen molar-refractivity contribution < 1.29 is 19.1 Å². The second kappa shape index (κ2) is 7.81. The van der Waals surface area contributed by atoms with Gasteiger partial charge >= 0.3 is 5.97 Å². The Morgan fingerprint density at radius 3 is 2.38 bits per heavy atom. The first kappa shape index (κ1) is 17.8. The molecule has 2 rings (SSSR count). The maximum atomic E-state index is 12.4. The predicted octanol–water partition coefficient (Wildman–Crippen LogP) is 3.56. The lowest BCUT2D eigenvalue weighted by Crippen LogP contribution is -2.13. The Hall–Kier alpha value is -2.56. The smallest absolute Gasteiger partial charge is 0.337 e. The fourth-order valence-electron chi connectivity index (χ4n) is 2.68. The molecule has 0 bridgehead atoms. The van der Waals surface area contributed by atoms with E-state index in [0.717, 1.165) is 24.4 Å². The Morgan fingerprint density at radius 1 is 1.12 bits per heavy atom. The summed E-state index contributed by atoms with van der Waals surface area (Å²) in [5, 5.41) is 0. The predicted molar refractivity (Wildman–Crippen MR) is 91.8 cm³/mol.